The van der Waals surface area contributed by atoms with Gasteiger partial charge in [-0.15, -0.1) is 11.6 Å². The lowest BCUT2D eigenvalue weighted by Gasteiger charge is -1.95. The van der Waals surface area contributed by atoms with E-state index in [2.05, 4.69) is 6.58 Å². The van der Waals surface area contributed by atoms with Gasteiger partial charge in [0.15, 0.2) is 0 Å². The van der Waals surface area contributed by atoms with Crippen LogP contribution in [0, 0.1) is 0 Å². The molecule has 1 unspecified atom stereocenters. The molecule has 0 amide bonds. The third kappa shape index (κ3) is 2.09. The molecule has 2 heteroatoms. The fraction of sp³-hybridized carbons (Fsp3) is 0.500. The van der Waals surface area contributed by atoms with Crippen molar-refractivity contribution < 1.29 is 0 Å². The Balaban J connectivity index is 3.26. The highest BCUT2D eigenvalue weighted by atomic mass is 35.5. The molecule has 0 aliphatic heterocycles. The van der Waals surface area contributed by atoms with E-state index in [0.717, 1.165) is 0 Å². The smallest absolute Gasteiger partial charge is 0.0695 e. The Hall–Kier alpha value is -0.170. The fourth-order valence-electron chi connectivity index (χ4n) is 0. The molecule has 0 aliphatic rings. The number of halogens is 1. The molecular weight excluding hydrogens is 97.5 g/mol. The average molecular weight is 106 g/mol. The van der Waals surface area contributed by atoms with Crippen LogP contribution in [0.1, 0.15) is 6.92 Å². The molecule has 6 heavy (non-hydrogen) atoms. The number of allylic oxidation sites excluding steroid dienone is 1. The number of rotatable bonds is 1. The second-order valence-electron chi connectivity index (χ2n) is 1.19. The molecule has 0 radical (unpaired) electrons. The normalized spacial score (nSPS) is 13.7. The summed E-state index contributed by atoms with van der Waals surface area (Å²) in [4.78, 5) is 0. The SMILES string of the molecule is C=C(N)C(C)Cl. The number of nitrogens with two attached hydrogens (primary N) is 1. The molecule has 0 saturated carbocycles. The summed E-state index contributed by atoms with van der Waals surface area (Å²) < 4.78 is 0. The minimum atomic E-state index is -0.0926. The van der Waals surface area contributed by atoms with E-state index in [1.807, 2.05) is 0 Å². The Morgan fingerprint density at radius 2 is 2.17 bits per heavy atom. The van der Waals surface area contributed by atoms with Gasteiger partial charge >= 0.3 is 0 Å². The standard InChI is InChI=1S/C4H8ClN/c1-3(5)4(2)6/h3H,2,6H2,1H3. The molecular formula is C4H8ClN. The number of hydrogen-bond acceptors (Lipinski definition) is 1. The molecule has 0 fully saturated rings. The molecule has 0 aromatic heterocycles. The van der Waals surface area contributed by atoms with Gasteiger partial charge in [-0.3, -0.25) is 0 Å². The Bertz CT molecular complexity index is 58.6. The van der Waals surface area contributed by atoms with Crippen molar-refractivity contribution in [1.82, 2.24) is 0 Å². The molecule has 0 bridgehead atoms. The third-order valence-electron chi connectivity index (χ3n) is 0.511. The predicted octanol–water partition coefficient (Wildman–Crippen LogP) is 1.09. The monoisotopic (exact) mass is 105 g/mol. The average Bonchev–Trinajstić information content (AvgIpc) is 1.36. The number of hydrogen-bond donors (Lipinski definition) is 1. The topological polar surface area (TPSA) is 26.0 Å². The molecule has 2 N–H and O–H groups in total. The largest absolute Gasteiger partial charge is 0.401 e. The van der Waals surface area contributed by atoms with Gasteiger partial charge in [-0.1, -0.05) is 6.58 Å². The Morgan fingerprint density at radius 3 is 2.17 bits per heavy atom. The van der Waals surface area contributed by atoms with Crippen LogP contribution in [0.4, 0.5) is 0 Å². The van der Waals surface area contributed by atoms with Crippen LogP contribution in [0.25, 0.3) is 0 Å². The van der Waals surface area contributed by atoms with Crippen molar-refractivity contribution in [2.75, 3.05) is 0 Å². The Labute approximate surface area is 42.8 Å². The van der Waals surface area contributed by atoms with E-state index in [1.54, 1.807) is 6.92 Å². The first-order valence-electron chi connectivity index (χ1n) is 1.73. The third-order valence-corrected chi connectivity index (χ3v) is 0.791. The first kappa shape index (κ1) is 5.83. The zero-order chi connectivity index (χ0) is 5.15. The summed E-state index contributed by atoms with van der Waals surface area (Å²) in [5.74, 6) is 0. The second-order valence-corrected chi connectivity index (χ2v) is 1.85. The van der Waals surface area contributed by atoms with E-state index in [1.165, 1.54) is 0 Å². The minimum Gasteiger partial charge on any atom is -0.401 e. The molecule has 0 heterocycles. The molecule has 0 aliphatic carbocycles. The minimum absolute atomic E-state index is 0.0926. The van der Waals surface area contributed by atoms with Crippen molar-refractivity contribution in [3.8, 4) is 0 Å². The lowest BCUT2D eigenvalue weighted by atomic mass is 10.4. The van der Waals surface area contributed by atoms with Gasteiger partial charge in [-0.05, 0) is 6.92 Å². The van der Waals surface area contributed by atoms with Crippen LogP contribution in [-0.4, -0.2) is 5.38 Å². The van der Waals surface area contributed by atoms with Crippen molar-refractivity contribution in [1.29, 1.82) is 0 Å². The summed E-state index contributed by atoms with van der Waals surface area (Å²) in [6, 6.07) is 0. The van der Waals surface area contributed by atoms with E-state index >= 15 is 0 Å². The van der Waals surface area contributed by atoms with Gasteiger partial charge in [0.25, 0.3) is 0 Å². The van der Waals surface area contributed by atoms with Crippen molar-refractivity contribution >= 4 is 11.6 Å². The predicted molar refractivity (Wildman–Crippen MR) is 28.6 cm³/mol. The molecule has 0 rings (SSSR count). The Morgan fingerprint density at radius 1 is 2.00 bits per heavy atom. The molecule has 1 atom stereocenters. The van der Waals surface area contributed by atoms with Crippen LogP contribution in [-0.2, 0) is 0 Å². The van der Waals surface area contributed by atoms with Gasteiger partial charge in [0.1, 0.15) is 0 Å². The van der Waals surface area contributed by atoms with E-state index in [9.17, 15) is 0 Å². The molecule has 36 valence electrons. The first-order chi connectivity index (χ1) is 2.64. The molecule has 1 nitrogen and oxygen atoms in total. The summed E-state index contributed by atoms with van der Waals surface area (Å²) >= 11 is 5.39. The van der Waals surface area contributed by atoms with E-state index in [0.29, 0.717) is 5.70 Å². The van der Waals surface area contributed by atoms with Crippen LogP contribution >= 0.6 is 11.6 Å². The quantitative estimate of drug-likeness (QED) is 0.497. The van der Waals surface area contributed by atoms with Crippen LogP contribution in [0.5, 0.6) is 0 Å². The van der Waals surface area contributed by atoms with Gasteiger partial charge < -0.3 is 5.73 Å². The van der Waals surface area contributed by atoms with Crippen molar-refractivity contribution in [3.63, 3.8) is 0 Å². The summed E-state index contributed by atoms with van der Waals surface area (Å²) in [6.07, 6.45) is 0. The first-order valence-corrected chi connectivity index (χ1v) is 2.16. The van der Waals surface area contributed by atoms with E-state index in [-0.39, 0.29) is 5.38 Å². The summed E-state index contributed by atoms with van der Waals surface area (Å²) in [6.45, 7) is 5.18. The van der Waals surface area contributed by atoms with Gasteiger partial charge in [-0.25, -0.2) is 0 Å². The van der Waals surface area contributed by atoms with Crippen molar-refractivity contribution in [2.45, 2.75) is 12.3 Å². The lowest BCUT2D eigenvalue weighted by Crippen LogP contribution is -2.04. The van der Waals surface area contributed by atoms with Crippen molar-refractivity contribution in [2.24, 2.45) is 5.73 Å². The molecule has 0 aromatic rings. The van der Waals surface area contributed by atoms with Gasteiger partial charge in [0, 0.05) is 5.70 Å². The maximum absolute atomic E-state index is 5.39. The number of alkyl halides is 1. The molecule has 0 aromatic carbocycles. The summed E-state index contributed by atoms with van der Waals surface area (Å²) in [5, 5.41) is -0.0926. The van der Waals surface area contributed by atoms with Gasteiger partial charge in [0.05, 0.1) is 5.38 Å². The zero-order valence-corrected chi connectivity index (χ0v) is 4.50. The van der Waals surface area contributed by atoms with Gasteiger partial charge in [-0.2, -0.15) is 0 Å². The van der Waals surface area contributed by atoms with Crippen LogP contribution < -0.4 is 5.73 Å². The maximum atomic E-state index is 5.39. The lowest BCUT2D eigenvalue weighted by molar-refractivity contribution is 1.09. The highest BCUT2D eigenvalue weighted by Gasteiger charge is 1.91. The van der Waals surface area contributed by atoms with Crippen LogP contribution in [0.15, 0.2) is 12.3 Å². The maximum Gasteiger partial charge on any atom is 0.0695 e. The van der Waals surface area contributed by atoms with E-state index < -0.39 is 0 Å². The molecule has 0 saturated heterocycles. The van der Waals surface area contributed by atoms with Crippen LogP contribution in [0.3, 0.4) is 0 Å². The summed E-state index contributed by atoms with van der Waals surface area (Å²) in [7, 11) is 0. The highest BCUT2D eigenvalue weighted by Crippen LogP contribution is 1.97. The van der Waals surface area contributed by atoms with Crippen LogP contribution in [0.2, 0.25) is 0 Å². The van der Waals surface area contributed by atoms with E-state index in [4.69, 9.17) is 17.3 Å². The molecule has 0 spiro atoms. The van der Waals surface area contributed by atoms with Gasteiger partial charge in [0.2, 0.25) is 0 Å². The Kier molecular flexibility index (Phi) is 2.03. The second kappa shape index (κ2) is 2.08. The fourth-order valence-corrected chi connectivity index (χ4v) is 0. The summed E-state index contributed by atoms with van der Waals surface area (Å²) in [5.41, 5.74) is 5.63. The van der Waals surface area contributed by atoms with Crippen molar-refractivity contribution in [3.05, 3.63) is 12.3 Å². The zero-order valence-electron chi connectivity index (χ0n) is 3.74. The highest BCUT2D eigenvalue weighted by molar-refractivity contribution is 6.21.